The van der Waals surface area contributed by atoms with E-state index >= 15 is 0 Å². The van der Waals surface area contributed by atoms with Crippen LogP contribution in [0, 0.1) is 0 Å². The van der Waals surface area contributed by atoms with Crippen molar-refractivity contribution in [2.45, 2.75) is 19.3 Å². The van der Waals surface area contributed by atoms with Gasteiger partial charge in [-0.2, -0.15) is 0 Å². The van der Waals surface area contributed by atoms with Gasteiger partial charge in [-0.05, 0) is 19.4 Å². The molecular formula is C11H21ClN2O2. The maximum atomic E-state index is 11.4. The summed E-state index contributed by atoms with van der Waals surface area (Å²) >= 11 is 0. The predicted molar refractivity (Wildman–Crippen MR) is 66.9 cm³/mol. The van der Waals surface area contributed by atoms with Crippen molar-refractivity contribution in [2.24, 2.45) is 0 Å². The van der Waals surface area contributed by atoms with Gasteiger partial charge in [0.2, 0.25) is 5.91 Å². The highest BCUT2D eigenvalue weighted by atomic mass is 35.5. The van der Waals surface area contributed by atoms with Gasteiger partial charge in [-0.1, -0.05) is 11.6 Å². The van der Waals surface area contributed by atoms with Crippen molar-refractivity contribution in [3.05, 3.63) is 11.6 Å². The van der Waals surface area contributed by atoms with Crippen LogP contribution >= 0.6 is 12.4 Å². The van der Waals surface area contributed by atoms with E-state index in [1.54, 1.807) is 7.11 Å². The maximum absolute atomic E-state index is 11.4. The Morgan fingerprint density at radius 3 is 3.06 bits per heavy atom. The molecule has 0 atom stereocenters. The van der Waals surface area contributed by atoms with Crippen LogP contribution in [0.4, 0.5) is 0 Å². The van der Waals surface area contributed by atoms with Crippen LogP contribution in [0.2, 0.25) is 0 Å². The number of halogens is 1. The molecule has 0 aromatic carbocycles. The molecule has 0 bridgehead atoms. The first-order chi connectivity index (χ1) is 7.33. The lowest BCUT2D eigenvalue weighted by Crippen LogP contribution is -2.29. The normalized spacial score (nSPS) is 14.9. The minimum Gasteiger partial charge on any atom is -0.385 e. The van der Waals surface area contributed by atoms with E-state index in [4.69, 9.17) is 4.74 Å². The van der Waals surface area contributed by atoms with Crippen LogP contribution in [0.1, 0.15) is 19.3 Å². The molecule has 1 rings (SSSR count). The molecule has 94 valence electrons. The van der Waals surface area contributed by atoms with E-state index in [0.29, 0.717) is 19.6 Å². The number of carbonyl (C=O) groups excluding carboxylic acids is 1. The lowest BCUT2D eigenvalue weighted by molar-refractivity contribution is -0.121. The quantitative estimate of drug-likeness (QED) is 0.542. The largest absolute Gasteiger partial charge is 0.385 e. The van der Waals surface area contributed by atoms with E-state index in [2.05, 4.69) is 16.7 Å². The van der Waals surface area contributed by atoms with Gasteiger partial charge in [0, 0.05) is 33.2 Å². The number of ether oxygens (including phenoxy) is 1. The zero-order valence-corrected chi connectivity index (χ0v) is 10.6. The Kier molecular flexibility index (Phi) is 9.28. The molecule has 0 spiro atoms. The fourth-order valence-electron chi connectivity index (χ4n) is 1.51. The second-order valence-electron chi connectivity index (χ2n) is 3.69. The van der Waals surface area contributed by atoms with Crippen molar-refractivity contribution in [3.63, 3.8) is 0 Å². The van der Waals surface area contributed by atoms with Gasteiger partial charge >= 0.3 is 0 Å². The number of nitrogens with one attached hydrogen (secondary N) is 2. The number of hydrogen-bond donors (Lipinski definition) is 2. The molecule has 0 fully saturated rings. The van der Waals surface area contributed by atoms with E-state index in [-0.39, 0.29) is 18.3 Å². The molecule has 0 radical (unpaired) electrons. The first kappa shape index (κ1) is 15.4. The molecule has 5 heteroatoms. The topological polar surface area (TPSA) is 50.4 Å². The summed E-state index contributed by atoms with van der Waals surface area (Å²) in [6.45, 7) is 3.30. The first-order valence-electron chi connectivity index (χ1n) is 5.47. The Labute approximate surface area is 103 Å². The van der Waals surface area contributed by atoms with Gasteiger partial charge in [0.05, 0.1) is 0 Å². The molecule has 1 aliphatic rings. The van der Waals surface area contributed by atoms with Gasteiger partial charge in [0.15, 0.2) is 0 Å². The standard InChI is InChI=1S/C11H20N2O2.ClH/c1-15-8-2-3-11(14)13-9-10-4-6-12-7-5-10;/h4,12H,2-3,5-9H2,1H3,(H,13,14);1H. The van der Waals surface area contributed by atoms with Crippen molar-refractivity contribution >= 4 is 18.3 Å². The minimum atomic E-state index is 0. The van der Waals surface area contributed by atoms with Crippen LogP contribution < -0.4 is 10.6 Å². The van der Waals surface area contributed by atoms with Gasteiger partial charge < -0.3 is 15.4 Å². The summed E-state index contributed by atoms with van der Waals surface area (Å²) in [5, 5.41) is 6.16. The van der Waals surface area contributed by atoms with Gasteiger partial charge in [-0.3, -0.25) is 4.79 Å². The van der Waals surface area contributed by atoms with Crippen LogP contribution in [-0.4, -0.2) is 39.3 Å². The van der Waals surface area contributed by atoms with Gasteiger partial charge in [0.1, 0.15) is 0 Å². The maximum Gasteiger partial charge on any atom is 0.220 e. The number of amides is 1. The van der Waals surface area contributed by atoms with Crippen molar-refractivity contribution in [3.8, 4) is 0 Å². The van der Waals surface area contributed by atoms with Crippen LogP contribution in [0.3, 0.4) is 0 Å². The van der Waals surface area contributed by atoms with Crippen molar-refractivity contribution in [2.75, 3.05) is 33.4 Å². The predicted octanol–water partition coefficient (Wildman–Crippen LogP) is 0.871. The Bertz CT molecular complexity index is 232. The summed E-state index contributed by atoms with van der Waals surface area (Å²) in [4.78, 5) is 11.4. The molecule has 1 aliphatic heterocycles. The third-order valence-electron chi connectivity index (χ3n) is 2.42. The molecule has 2 N–H and O–H groups in total. The molecule has 0 saturated carbocycles. The van der Waals surface area contributed by atoms with E-state index < -0.39 is 0 Å². The zero-order valence-electron chi connectivity index (χ0n) is 9.75. The first-order valence-corrected chi connectivity index (χ1v) is 5.47. The zero-order chi connectivity index (χ0) is 10.9. The third-order valence-corrected chi connectivity index (χ3v) is 2.42. The molecular weight excluding hydrogens is 228 g/mol. The van der Waals surface area contributed by atoms with Crippen LogP contribution in [0.5, 0.6) is 0 Å². The van der Waals surface area contributed by atoms with E-state index in [0.717, 1.165) is 25.9 Å². The van der Waals surface area contributed by atoms with Crippen molar-refractivity contribution < 1.29 is 9.53 Å². The van der Waals surface area contributed by atoms with E-state index in [1.807, 2.05) is 0 Å². The summed E-state index contributed by atoms with van der Waals surface area (Å²) in [6, 6.07) is 0. The number of methoxy groups -OCH3 is 1. The molecule has 16 heavy (non-hydrogen) atoms. The van der Waals surface area contributed by atoms with E-state index in [9.17, 15) is 4.79 Å². The molecule has 0 aromatic heterocycles. The molecule has 0 aliphatic carbocycles. The molecule has 4 nitrogen and oxygen atoms in total. The van der Waals surface area contributed by atoms with Gasteiger partial charge in [0.25, 0.3) is 0 Å². The lowest BCUT2D eigenvalue weighted by atomic mass is 10.1. The molecule has 1 heterocycles. The molecule has 0 saturated heterocycles. The highest BCUT2D eigenvalue weighted by molar-refractivity contribution is 5.85. The molecule has 0 unspecified atom stereocenters. The van der Waals surface area contributed by atoms with Crippen LogP contribution in [0.25, 0.3) is 0 Å². The highest BCUT2D eigenvalue weighted by Gasteiger charge is 2.05. The van der Waals surface area contributed by atoms with Crippen LogP contribution in [0.15, 0.2) is 11.6 Å². The lowest BCUT2D eigenvalue weighted by Gasteiger charge is -2.14. The SMILES string of the molecule is COCCCC(=O)NCC1=CCNCC1.Cl. The van der Waals surface area contributed by atoms with Crippen molar-refractivity contribution in [1.82, 2.24) is 10.6 Å². The number of carbonyl (C=O) groups is 1. The molecule has 0 aromatic rings. The second-order valence-corrected chi connectivity index (χ2v) is 3.69. The second kappa shape index (κ2) is 9.63. The number of rotatable bonds is 6. The Balaban J connectivity index is 0.00000225. The van der Waals surface area contributed by atoms with Crippen LogP contribution in [-0.2, 0) is 9.53 Å². The van der Waals surface area contributed by atoms with E-state index in [1.165, 1.54) is 5.57 Å². The smallest absolute Gasteiger partial charge is 0.220 e. The number of hydrogen-bond acceptors (Lipinski definition) is 3. The summed E-state index contributed by atoms with van der Waals surface area (Å²) in [6.07, 6.45) is 4.54. The average Bonchev–Trinajstić information content (AvgIpc) is 2.28. The third kappa shape index (κ3) is 6.82. The minimum absolute atomic E-state index is 0. The summed E-state index contributed by atoms with van der Waals surface area (Å²) < 4.78 is 4.89. The van der Waals surface area contributed by atoms with Crippen molar-refractivity contribution in [1.29, 1.82) is 0 Å². The van der Waals surface area contributed by atoms with Gasteiger partial charge in [-0.25, -0.2) is 0 Å². The summed E-state index contributed by atoms with van der Waals surface area (Å²) in [5.41, 5.74) is 1.33. The monoisotopic (exact) mass is 248 g/mol. The average molecular weight is 249 g/mol. The Hall–Kier alpha value is -0.580. The fraction of sp³-hybridized carbons (Fsp3) is 0.727. The fourth-order valence-corrected chi connectivity index (χ4v) is 1.51. The van der Waals surface area contributed by atoms with Gasteiger partial charge in [-0.15, -0.1) is 12.4 Å². The molecule has 1 amide bonds. The highest BCUT2D eigenvalue weighted by Crippen LogP contribution is 2.02. The Morgan fingerprint density at radius 2 is 2.44 bits per heavy atom. The summed E-state index contributed by atoms with van der Waals surface area (Å²) in [5.74, 6) is 0.117. The summed E-state index contributed by atoms with van der Waals surface area (Å²) in [7, 11) is 1.65. The Morgan fingerprint density at radius 1 is 1.62 bits per heavy atom.